The fourth-order valence-corrected chi connectivity index (χ4v) is 4.78. The van der Waals surface area contributed by atoms with E-state index in [-0.39, 0.29) is 23.8 Å². The number of halogens is 7. The van der Waals surface area contributed by atoms with Crippen molar-refractivity contribution in [2.75, 3.05) is 29.9 Å². The van der Waals surface area contributed by atoms with Crippen molar-refractivity contribution < 1.29 is 35.5 Å². The predicted octanol–water partition coefficient (Wildman–Crippen LogP) is 3.95. The van der Waals surface area contributed by atoms with Crippen LogP contribution < -0.4 is 15.0 Å². The Hall–Kier alpha value is -3.39. The van der Waals surface area contributed by atoms with Gasteiger partial charge in [-0.05, 0) is 36.8 Å². The first-order chi connectivity index (χ1) is 16.5. The van der Waals surface area contributed by atoms with E-state index in [1.54, 1.807) is 0 Å². The molecule has 1 aliphatic heterocycles. The molecular weight excluding hydrogens is 487 g/mol. The van der Waals surface area contributed by atoms with Gasteiger partial charge in [-0.1, -0.05) is 0 Å². The molecule has 3 atom stereocenters. The van der Waals surface area contributed by atoms with Crippen LogP contribution in [0, 0.1) is 17.8 Å². The number of hydrogen-bond donors (Lipinski definition) is 1. The number of pyridine rings is 1. The van der Waals surface area contributed by atoms with Crippen molar-refractivity contribution in [2.24, 2.45) is 11.8 Å². The Labute approximate surface area is 193 Å². The van der Waals surface area contributed by atoms with E-state index in [0.29, 0.717) is 29.5 Å². The Morgan fingerprint density at radius 1 is 1.03 bits per heavy atom. The molecule has 0 aromatic carbocycles. The number of anilines is 2. The first-order valence-electron chi connectivity index (χ1n) is 10.6. The molecule has 1 unspecified atom stereocenters. The van der Waals surface area contributed by atoms with E-state index >= 15 is 0 Å². The quantitative estimate of drug-likeness (QED) is 0.416. The van der Waals surface area contributed by atoms with Crippen LogP contribution in [-0.4, -0.2) is 56.5 Å². The lowest BCUT2D eigenvalue weighted by Crippen LogP contribution is -2.48. The lowest BCUT2D eigenvalue weighted by Gasteiger charge is -2.38. The number of fused-ring (bicyclic) bond motifs is 3. The molecule has 3 aromatic heterocycles. The highest BCUT2D eigenvalue weighted by atomic mass is 19.4. The fraction of sp³-hybridized carbons (Fsp3) is 0.500. The summed E-state index contributed by atoms with van der Waals surface area (Å²) in [6, 6.07) is 2.44. The number of ether oxygens (including phenoxy) is 1. The highest BCUT2D eigenvalue weighted by Crippen LogP contribution is 2.40. The van der Waals surface area contributed by atoms with Crippen LogP contribution in [0.15, 0.2) is 24.5 Å². The third-order valence-electron chi connectivity index (χ3n) is 6.20. The molecule has 1 saturated heterocycles. The lowest BCUT2D eigenvalue weighted by molar-refractivity contribution is -0.153. The van der Waals surface area contributed by atoms with Gasteiger partial charge >= 0.3 is 12.4 Å². The van der Waals surface area contributed by atoms with Gasteiger partial charge in [0.1, 0.15) is 17.8 Å². The van der Waals surface area contributed by atoms with E-state index in [2.05, 4.69) is 30.1 Å². The molecule has 1 saturated carbocycles. The highest BCUT2D eigenvalue weighted by Gasteiger charge is 2.43. The summed E-state index contributed by atoms with van der Waals surface area (Å²) in [4.78, 5) is 13.5. The second kappa shape index (κ2) is 8.37. The van der Waals surface area contributed by atoms with Gasteiger partial charge in [0.25, 0.3) is 0 Å². The normalized spacial score (nSPS) is 22.6. The van der Waals surface area contributed by atoms with Crippen molar-refractivity contribution in [3.8, 4) is 5.75 Å². The SMILES string of the molecule is Fc1cc(N2C[C@H]3CC[C@@H](C2)C3Nc2nc3c(OCC(F)(F)F)ccc(C(F)(F)F)n3n2)ncn1. The van der Waals surface area contributed by atoms with E-state index in [4.69, 9.17) is 0 Å². The zero-order valence-electron chi connectivity index (χ0n) is 17.8. The molecule has 4 heterocycles. The molecule has 1 aliphatic carbocycles. The van der Waals surface area contributed by atoms with Crippen molar-refractivity contribution in [2.45, 2.75) is 31.2 Å². The monoisotopic (exact) mass is 505 g/mol. The van der Waals surface area contributed by atoms with E-state index in [0.717, 1.165) is 25.2 Å². The Balaban J connectivity index is 1.40. The van der Waals surface area contributed by atoms with Gasteiger partial charge in [-0.2, -0.15) is 35.7 Å². The zero-order chi connectivity index (χ0) is 25.0. The van der Waals surface area contributed by atoms with Crippen molar-refractivity contribution in [1.29, 1.82) is 0 Å². The Kier molecular flexibility index (Phi) is 5.59. The molecule has 3 aromatic rings. The maximum atomic E-state index is 13.5. The van der Waals surface area contributed by atoms with E-state index in [1.807, 2.05) is 4.90 Å². The van der Waals surface area contributed by atoms with Gasteiger partial charge in [-0.3, -0.25) is 0 Å². The van der Waals surface area contributed by atoms with Crippen molar-refractivity contribution in [3.63, 3.8) is 0 Å². The fourth-order valence-electron chi connectivity index (χ4n) is 4.78. The summed E-state index contributed by atoms with van der Waals surface area (Å²) in [5.74, 6) is -0.746. The molecule has 2 aliphatic rings. The van der Waals surface area contributed by atoms with Crippen LogP contribution in [0.2, 0.25) is 0 Å². The second-order valence-electron chi connectivity index (χ2n) is 8.53. The first-order valence-corrected chi connectivity index (χ1v) is 10.6. The van der Waals surface area contributed by atoms with Crippen LogP contribution in [-0.2, 0) is 6.18 Å². The van der Waals surface area contributed by atoms with Gasteiger partial charge in [-0.25, -0.2) is 14.5 Å². The van der Waals surface area contributed by atoms with E-state index in [9.17, 15) is 30.7 Å². The van der Waals surface area contributed by atoms with E-state index in [1.165, 1.54) is 6.07 Å². The second-order valence-corrected chi connectivity index (χ2v) is 8.53. The minimum Gasteiger partial charge on any atom is -0.480 e. The van der Waals surface area contributed by atoms with Crippen LogP contribution in [0.5, 0.6) is 5.75 Å². The number of aromatic nitrogens is 5. The minimum absolute atomic E-state index is 0.0430. The largest absolute Gasteiger partial charge is 0.480 e. The smallest absolute Gasteiger partial charge is 0.433 e. The number of piperidine rings is 1. The summed E-state index contributed by atoms with van der Waals surface area (Å²) in [7, 11) is 0. The number of hydrogen-bond acceptors (Lipinski definition) is 7. The number of nitrogens with zero attached hydrogens (tertiary/aromatic N) is 6. The number of nitrogens with one attached hydrogen (secondary N) is 1. The standard InChI is InChI=1S/C20H18F7N7O/c21-14-5-15(29-9-28-14)33-6-10-1-2-11(7-33)16(10)30-18-31-17-12(35-8-19(22,23)24)3-4-13(20(25,26)27)34(17)32-18/h3-5,9-11,16H,1-2,6-8H2,(H,30,32)/t10-,11+,16?. The molecule has 0 amide bonds. The lowest BCUT2D eigenvalue weighted by atomic mass is 9.92. The van der Waals surface area contributed by atoms with Crippen LogP contribution in [0.3, 0.4) is 0 Å². The molecule has 2 bridgehead atoms. The topological polar surface area (TPSA) is 80.5 Å². The summed E-state index contributed by atoms with van der Waals surface area (Å²) in [5, 5.41) is 6.97. The number of alkyl halides is 6. The average molecular weight is 505 g/mol. The van der Waals surface area contributed by atoms with Crippen LogP contribution >= 0.6 is 0 Å². The molecule has 35 heavy (non-hydrogen) atoms. The molecule has 1 N–H and O–H groups in total. The van der Waals surface area contributed by atoms with Crippen LogP contribution in [0.1, 0.15) is 18.5 Å². The van der Waals surface area contributed by atoms with Crippen molar-refractivity contribution in [1.82, 2.24) is 24.6 Å². The third kappa shape index (κ3) is 4.75. The molecule has 2 fully saturated rings. The number of rotatable bonds is 5. The molecule has 188 valence electrons. The van der Waals surface area contributed by atoms with E-state index < -0.39 is 42.0 Å². The molecule has 0 spiro atoms. The van der Waals surface area contributed by atoms with Gasteiger partial charge in [0, 0.05) is 25.2 Å². The highest BCUT2D eigenvalue weighted by molar-refractivity contribution is 5.57. The van der Waals surface area contributed by atoms with Gasteiger partial charge in [-0.15, -0.1) is 5.10 Å². The van der Waals surface area contributed by atoms with Gasteiger partial charge in [0.2, 0.25) is 11.9 Å². The maximum absolute atomic E-state index is 13.5. The molecule has 5 rings (SSSR count). The summed E-state index contributed by atoms with van der Waals surface area (Å²) in [5.41, 5.74) is -1.68. The summed E-state index contributed by atoms with van der Waals surface area (Å²) in [6.07, 6.45) is -6.74. The van der Waals surface area contributed by atoms with Gasteiger partial charge in [0.05, 0.1) is 0 Å². The van der Waals surface area contributed by atoms with Gasteiger partial charge < -0.3 is 15.0 Å². The first kappa shape index (κ1) is 23.4. The predicted molar refractivity (Wildman–Crippen MR) is 107 cm³/mol. The molecule has 0 radical (unpaired) electrons. The van der Waals surface area contributed by atoms with Crippen LogP contribution in [0.25, 0.3) is 5.65 Å². The van der Waals surface area contributed by atoms with Crippen molar-refractivity contribution in [3.05, 3.63) is 36.2 Å². The molecule has 15 heteroatoms. The molecular formula is C20H18F7N7O. The van der Waals surface area contributed by atoms with Crippen molar-refractivity contribution >= 4 is 17.4 Å². The Bertz CT molecular complexity index is 1210. The molecule has 8 nitrogen and oxygen atoms in total. The Morgan fingerprint density at radius 2 is 1.74 bits per heavy atom. The maximum Gasteiger partial charge on any atom is 0.433 e. The van der Waals surface area contributed by atoms with Crippen LogP contribution in [0.4, 0.5) is 42.5 Å². The summed E-state index contributed by atoms with van der Waals surface area (Å²) < 4.78 is 96.9. The van der Waals surface area contributed by atoms with Gasteiger partial charge in [0.15, 0.2) is 18.0 Å². The summed E-state index contributed by atoms with van der Waals surface area (Å²) in [6.45, 7) is -0.645. The minimum atomic E-state index is -4.82. The Morgan fingerprint density at radius 3 is 2.37 bits per heavy atom. The average Bonchev–Trinajstić information content (AvgIpc) is 3.27. The summed E-state index contributed by atoms with van der Waals surface area (Å²) >= 11 is 0. The zero-order valence-corrected chi connectivity index (χ0v) is 17.8. The third-order valence-corrected chi connectivity index (χ3v) is 6.20.